The molecule has 0 atom stereocenters. The predicted octanol–water partition coefficient (Wildman–Crippen LogP) is 1.46. The lowest BCUT2D eigenvalue weighted by Crippen LogP contribution is -1.99. The Morgan fingerprint density at radius 2 is 2.21 bits per heavy atom. The van der Waals surface area contributed by atoms with E-state index in [-0.39, 0.29) is 17.3 Å². The third-order valence-corrected chi connectivity index (χ3v) is 3.56. The number of aromatic nitrogens is 3. The van der Waals surface area contributed by atoms with Crippen molar-refractivity contribution in [3.05, 3.63) is 35.9 Å². The highest BCUT2D eigenvalue weighted by atomic mass is 35.7. The van der Waals surface area contributed by atoms with Crippen LogP contribution >= 0.6 is 10.7 Å². The van der Waals surface area contributed by atoms with Gasteiger partial charge in [0, 0.05) is 17.7 Å². The fraction of sp³-hybridized carbons (Fsp3) is 0.200. The number of rotatable bonds is 4. The van der Waals surface area contributed by atoms with Crippen LogP contribution in [0.15, 0.2) is 29.3 Å². The minimum Gasteiger partial charge on any atom is -0.484 e. The van der Waals surface area contributed by atoms with Crippen LogP contribution in [0.25, 0.3) is 0 Å². The summed E-state index contributed by atoms with van der Waals surface area (Å²) < 4.78 is 42.3. The van der Waals surface area contributed by atoms with E-state index >= 15 is 0 Å². The van der Waals surface area contributed by atoms with Gasteiger partial charge in [-0.25, -0.2) is 12.8 Å². The maximum absolute atomic E-state index is 13.6. The van der Waals surface area contributed by atoms with Crippen molar-refractivity contribution in [2.45, 2.75) is 11.5 Å². The van der Waals surface area contributed by atoms with E-state index in [0.717, 1.165) is 12.1 Å². The maximum atomic E-state index is 13.6. The summed E-state index contributed by atoms with van der Waals surface area (Å²) in [6.45, 7) is 0.0255. The van der Waals surface area contributed by atoms with Crippen LogP contribution in [0.2, 0.25) is 0 Å². The van der Waals surface area contributed by atoms with E-state index < -0.39 is 14.9 Å². The highest BCUT2D eigenvalue weighted by Crippen LogP contribution is 2.23. The minimum atomic E-state index is -3.95. The smallest absolute Gasteiger partial charge is 0.261 e. The van der Waals surface area contributed by atoms with E-state index in [0.29, 0.717) is 5.69 Å². The van der Waals surface area contributed by atoms with Gasteiger partial charge in [-0.3, -0.25) is 4.68 Å². The molecular formula is C10H9ClFN3O3S. The Balaban J connectivity index is 2.14. The van der Waals surface area contributed by atoms with Crippen molar-refractivity contribution in [3.63, 3.8) is 0 Å². The lowest BCUT2D eigenvalue weighted by atomic mass is 10.3. The largest absolute Gasteiger partial charge is 0.484 e. The first-order chi connectivity index (χ1) is 8.86. The standard InChI is InChI=1S/C10H9ClFN3O3S/c1-15-5-7(13-14-15)6-18-10-3-2-8(4-9(10)12)19(11,16)17/h2-5H,6H2,1H3. The second-order valence-corrected chi connectivity index (χ2v) is 6.27. The molecule has 0 saturated carbocycles. The molecule has 0 amide bonds. The van der Waals surface area contributed by atoms with Crippen molar-refractivity contribution in [1.29, 1.82) is 0 Å². The topological polar surface area (TPSA) is 74.1 Å². The molecule has 2 aromatic rings. The van der Waals surface area contributed by atoms with Gasteiger partial charge in [-0.05, 0) is 18.2 Å². The highest BCUT2D eigenvalue weighted by molar-refractivity contribution is 8.13. The average Bonchev–Trinajstić information content (AvgIpc) is 2.72. The molecule has 0 fully saturated rings. The predicted molar refractivity (Wildman–Crippen MR) is 64.8 cm³/mol. The molecule has 0 aliphatic rings. The fourth-order valence-electron chi connectivity index (χ4n) is 1.36. The van der Waals surface area contributed by atoms with Gasteiger partial charge in [0.2, 0.25) is 0 Å². The van der Waals surface area contributed by atoms with Gasteiger partial charge in [-0.15, -0.1) is 5.10 Å². The molecule has 0 saturated heterocycles. The molecule has 1 heterocycles. The Morgan fingerprint density at radius 3 is 2.74 bits per heavy atom. The Bertz CT molecular complexity index is 702. The normalized spacial score (nSPS) is 11.5. The highest BCUT2D eigenvalue weighted by Gasteiger charge is 2.14. The average molecular weight is 306 g/mol. The van der Waals surface area contributed by atoms with Crippen LogP contribution in [0.1, 0.15) is 5.69 Å². The van der Waals surface area contributed by atoms with Crippen molar-refractivity contribution < 1.29 is 17.5 Å². The molecule has 0 N–H and O–H groups in total. The van der Waals surface area contributed by atoms with E-state index in [9.17, 15) is 12.8 Å². The van der Waals surface area contributed by atoms with Crippen molar-refractivity contribution >= 4 is 19.7 Å². The molecule has 1 aromatic carbocycles. The lowest BCUT2D eigenvalue weighted by molar-refractivity contribution is 0.285. The van der Waals surface area contributed by atoms with E-state index in [2.05, 4.69) is 10.3 Å². The van der Waals surface area contributed by atoms with Gasteiger partial charge in [-0.1, -0.05) is 5.21 Å². The van der Waals surface area contributed by atoms with E-state index in [1.165, 1.54) is 10.7 Å². The third-order valence-electron chi connectivity index (χ3n) is 2.21. The minimum absolute atomic E-state index is 0.0255. The molecule has 0 unspecified atom stereocenters. The zero-order chi connectivity index (χ0) is 14.0. The molecule has 0 spiro atoms. The molecule has 0 bridgehead atoms. The monoisotopic (exact) mass is 305 g/mol. The lowest BCUT2D eigenvalue weighted by Gasteiger charge is -2.06. The second kappa shape index (κ2) is 5.14. The first-order valence-electron chi connectivity index (χ1n) is 5.08. The summed E-state index contributed by atoms with van der Waals surface area (Å²) in [7, 11) is 2.84. The number of hydrogen-bond acceptors (Lipinski definition) is 5. The quantitative estimate of drug-likeness (QED) is 0.800. The Morgan fingerprint density at radius 1 is 1.47 bits per heavy atom. The SMILES string of the molecule is Cn1cc(COc2ccc(S(=O)(=O)Cl)cc2F)nn1. The zero-order valence-corrected chi connectivity index (χ0v) is 11.3. The molecule has 0 aliphatic carbocycles. The number of ether oxygens (including phenoxy) is 1. The van der Waals surface area contributed by atoms with Gasteiger partial charge in [0.1, 0.15) is 12.3 Å². The zero-order valence-electron chi connectivity index (χ0n) is 9.75. The first kappa shape index (κ1) is 13.8. The molecule has 9 heteroatoms. The van der Waals surface area contributed by atoms with Crippen LogP contribution in [0.5, 0.6) is 5.75 Å². The maximum Gasteiger partial charge on any atom is 0.261 e. The molecule has 1 aromatic heterocycles. The van der Waals surface area contributed by atoms with Gasteiger partial charge >= 0.3 is 0 Å². The number of nitrogens with zero attached hydrogens (tertiary/aromatic N) is 3. The summed E-state index contributed by atoms with van der Waals surface area (Å²) in [5.41, 5.74) is 0.524. The molecule has 0 radical (unpaired) electrons. The summed E-state index contributed by atoms with van der Waals surface area (Å²) in [5, 5.41) is 7.46. The van der Waals surface area contributed by atoms with Crippen molar-refractivity contribution in [1.82, 2.24) is 15.0 Å². The van der Waals surface area contributed by atoms with E-state index in [1.807, 2.05) is 0 Å². The van der Waals surface area contributed by atoms with Crippen LogP contribution in [-0.2, 0) is 22.7 Å². The first-order valence-corrected chi connectivity index (χ1v) is 7.39. The van der Waals surface area contributed by atoms with Crippen LogP contribution in [0.4, 0.5) is 4.39 Å². The molecular weight excluding hydrogens is 297 g/mol. The molecule has 6 nitrogen and oxygen atoms in total. The number of aryl methyl sites for hydroxylation is 1. The van der Waals surface area contributed by atoms with Crippen LogP contribution in [0, 0.1) is 5.82 Å². The van der Waals surface area contributed by atoms with Gasteiger partial charge < -0.3 is 4.74 Å². The number of halogens is 2. The van der Waals surface area contributed by atoms with E-state index in [4.69, 9.17) is 15.4 Å². The summed E-state index contributed by atoms with van der Waals surface area (Å²) >= 11 is 0. The van der Waals surface area contributed by atoms with Gasteiger partial charge in [0.05, 0.1) is 11.1 Å². The Labute approximate surface area is 113 Å². The fourth-order valence-corrected chi connectivity index (χ4v) is 2.13. The van der Waals surface area contributed by atoms with Crippen LogP contribution in [-0.4, -0.2) is 23.4 Å². The Hall–Kier alpha value is -1.67. The van der Waals surface area contributed by atoms with Crippen molar-refractivity contribution in [2.24, 2.45) is 7.05 Å². The van der Waals surface area contributed by atoms with E-state index in [1.54, 1.807) is 13.2 Å². The summed E-state index contributed by atoms with van der Waals surface area (Å²) in [4.78, 5) is -0.321. The van der Waals surface area contributed by atoms with Gasteiger partial charge in [0.25, 0.3) is 9.05 Å². The summed E-state index contributed by atoms with van der Waals surface area (Å²) in [6, 6.07) is 3.16. The van der Waals surface area contributed by atoms with Crippen LogP contribution in [0.3, 0.4) is 0 Å². The molecule has 0 aliphatic heterocycles. The molecule has 2 rings (SSSR count). The van der Waals surface area contributed by atoms with Crippen molar-refractivity contribution in [2.75, 3.05) is 0 Å². The number of hydrogen-bond donors (Lipinski definition) is 0. The third kappa shape index (κ3) is 3.42. The number of benzene rings is 1. The van der Waals surface area contributed by atoms with Crippen molar-refractivity contribution in [3.8, 4) is 5.75 Å². The van der Waals surface area contributed by atoms with Crippen LogP contribution < -0.4 is 4.74 Å². The van der Waals surface area contributed by atoms with Gasteiger partial charge in [0.15, 0.2) is 11.6 Å². The summed E-state index contributed by atoms with van der Waals surface area (Å²) in [5.74, 6) is -0.902. The summed E-state index contributed by atoms with van der Waals surface area (Å²) in [6.07, 6.45) is 1.62. The Kier molecular flexibility index (Phi) is 3.72. The molecule has 102 valence electrons. The second-order valence-electron chi connectivity index (χ2n) is 3.70. The van der Waals surface area contributed by atoms with Gasteiger partial charge in [-0.2, -0.15) is 0 Å². The molecule has 19 heavy (non-hydrogen) atoms.